The van der Waals surface area contributed by atoms with Crippen molar-refractivity contribution in [3.05, 3.63) is 54.0 Å². The van der Waals surface area contributed by atoms with Crippen LogP contribution in [0, 0.1) is 6.92 Å². The van der Waals surface area contributed by atoms with Crippen molar-refractivity contribution in [3.8, 4) is 0 Å². The first-order valence-electron chi connectivity index (χ1n) is 11.1. The maximum absolute atomic E-state index is 13.5. The van der Waals surface area contributed by atoms with Crippen molar-refractivity contribution >= 4 is 40.0 Å². The van der Waals surface area contributed by atoms with Gasteiger partial charge >= 0.3 is 11.3 Å². The molecule has 0 fully saturated rings. The third kappa shape index (κ3) is 6.22. The van der Waals surface area contributed by atoms with Crippen molar-refractivity contribution in [3.63, 3.8) is 0 Å². The van der Waals surface area contributed by atoms with Crippen LogP contribution in [0.5, 0.6) is 0 Å². The summed E-state index contributed by atoms with van der Waals surface area (Å²) in [5, 5.41) is 0.507. The predicted molar refractivity (Wildman–Crippen MR) is 133 cm³/mol. The Hall–Kier alpha value is -2.23. The Morgan fingerprint density at radius 1 is 1.06 bits per heavy atom. The van der Waals surface area contributed by atoms with Crippen molar-refractivity contribution in [2.24, 2.45) is 0 Å². The molecule has 0 aliphatic heterocycles. The molecule has 0 saturated heterocycles. The molecule has 0 atom stereocenters. The van der Waals surface area contributed by atoms with E-state index in [2.05, 4.69) is 19.0 Å². The van der Waals surface area contributed by atoms with E-state index < -0.39 is 11.3 Å². The fraction of sp³-hybridized carbons (Fsp3) is 0.500. The third-order valence-corrected chi connectivity index (χ3v) is 7.20. The van der Waals surface area contributed by atoms with Crippen LogP contribution in [0.15, 0.2) is 35.6 Å². The quantitative estimate of drug-likeness (QED) is 0.159. The zero-order valence-electron chi connectivity index (χ0n) is 19.7. The minimum Gasteiger partial charge on any atom is -0.413 e. The van der Waals surface area contributed by atoms with Crippen molar-refractivity contribution in [2.45, 2.75) is 57.4 Å². The molecule has 3 aromatic heterocycles. The summed E-state index contributed by atoms with van der Waals surface area (Å²) < 4.78 is 10.6. The summed E-state index contributed by atoms with van der Waals surface area (Å²) in [4.78, 5) is 45.8. The predicted octanol–water partition coefficient (Wildman–Crippen LogP) is 5.08. The van der Waals surface area contributed by atoms with Crippen LogP contribution in [0.3, 0.4) is 0 Å². The number of hydrogen-bond acceptors (Lipinski definition) is 9. The molecule has 178 valence electrons. The van der Waals surface area contributed by atoms with Gasteiger partial charge < -0.3 is 13.7 Å². The summed E-state index contributed by atoms with van der Waals surface area (Å²) in [6, 6.07) is 3.62. The van der Waals surface area contributed by atoms with E-state index in [1.54, 1.807) is 6.07 Å². The van der Waals surface area contributed by atoms with Crippen molar-refractivity contribution in [1.82, 2.24) is 9.88 Å². The van der Waals surface area contributed by atoms with Gasteiger partial charge in [0.2, 0.25) is 5.78 Å². The second kappa shape index (κ2) is 11.3. The second-order valence-electron chi connectivity index (χ2n) is 8.57. The number of aromatic nitrogens is 1. The van der Waals surface area contributed by atoms with Crippen LogP contribution < -0.4 is 11.3 Å². The van der Waals surface area contributed by atoms with Gasteiger partial charge in [0.05, 0.1) is 10.6 Å². The number of carbonyl (C=O) groups is 1. The van der Waals surface area contributed by atoms with Gasteiger partial charge in [0.15, 0.2) is 11.2 Å². The van der Waals surface area contributed by atoms with Crippen LogP contribution in [-0.4, -0.2) is 42.1 Å². The normalized spacial score (nSPS) is 11.7. The molecule has 0 aromatic carbocycles. The molecule has 0 saturated carbocycles. The summed E-state index contributed by atoms with van der Waals surface area (Å²) in [6.45, 7) is 6.82. The molecule has 0 aliphatic carbocycles. The van der Waals surface area contributed by atoms with E-state index >= 15 is 0 Å². The van der Waals surface area contributed by atoms with E-state index in [4.69, 9.17) is 13.8 Å². The Labute approximate surface area is 201 Å². The van der Waals surface area contributed by atoms with Gasteiger partial charge in [0, 0.05) is 4.88 Å². The van der Waals surface area contributed by atoms with Gasteiger partial charge in [-0.2, -0.15) is 0 Å². The van der Waals surface area contributed by atoms with Gasteiger partial charge in [-0.25, -0.2) is 14.6 Å². The molecule has 0 radical (unpaired) electrons. The zero-order valence-corrected chi connectivity index (χ0v) is 21.4. The Kier molecular flexibility index (Phi) is 8.67. The lowest BCUT2D eigenvalue weighted by atomic mass is 10.1. The van der Waals surface area contributed by atoms with Crippen LogP contribution in [0.4, 0.5) is 0 Å². The van der Waals surface area contributed by atoms with E-state index in [9.17, 15) is 14.4 Å². The van der Waals surface area contributed by atoms with Gasteiger partial charge in [0.25, 0.3) is 0 Å². The number of ketones is 1. The lowest BCUT2D eigenvalue weighted by Crippen LogP contribution is -2.23. The van der Waals surface area contributed by atoms with Crippen molar-refractivity contribution in [2.75, 3.05) is 26.4 Å². The smallest absolute Gasteiger partial charge is 0.413 e. The number of aryl methyl sites for hydroxylation is 1. The Bertz CT molecular complexity index is 1240. The Balaban J connectivity index is 1.99. The van der Waals surface area contributed by atoms with E-state index in [-0.39, 0.29) is 28.4 Å². The molecule has 7 nitrogen and oxygen atoms in total. The molecular weight excluding hydrogens is 460 g/mol. The monoisotopic (exact) mass is 490 g/mol. The number of nitrogens with zero attached hydrogens (tertiary/aromatic N) is 2. The highest BCUT2D eigenvalue weighted by Crippen LogP contribution is 2.35. The molecule has 0 N–H and O–H groups in total. The molecular formula is C24H30N2O5S2. The lowest BCUT2D eigenvalue weighted by Gasteiger charge is -2.14. The molecule has 0 spiro atoms. The van der Waals surface area contributed by atoms with E-state index in [1.807, 2.05) is 26.8 Å². The number of rotatable bonds is 11. The molecule has 0 amide bonds. The van der Waals surface area contributed by atoms with E-state index in [1.165, 1.54) is 23.1 Å². The number of thiophene rings is 1. The molecule has 0 bridgehead atoms. The average Bonchev–Trinajstić information content (AvgIpc) is 3.19. The summed E-state index contributed by atoms with van der Waals surface area (Å²) >= 11 is 2.84. The fourth-order valence-electron chi connectivity index (χ4n) is 3.44. The maximum atomic E-state index is 13.5. The topological polar surface area (TPSA) is 93.6 Å². The molecule has 0 aliphatic rings. The molecule has 3 heterocycles. The lowest BCUT2D eigenvalue weighted by molar-refractivity contribution is 0.103. The first-order chi connectivity index (χ1) is 15.7. The summed E-state index contributed by atoms with van der Waals surface area (Å²) in [5.41, 5.74) is -1.47. The highest BCUT2D eigenvalue weighted by atomic mass is 32.2. The molecule has 3 aromatic rings. The van der Waals surface area contributed by atoms with E-state index in [0.717, 1.165) is 42.9 Å². The molecule has 3 rings (SSSR count). The molecule has 0 unspecified atom stereocenters. The first kappa shape index (κ1) is 25.4. The van der Waals surface area contributed by atoms with Crippen LogP contribution in [-0.2, 0) is 0 Å². The molecule has 9 heteroatoms. The number of carbonyl (C=O) groups excluding carboxylic acids is 1. The minimum atomic E-state index is -1.13. The van der Waals surface area contributed by atoms with Crippen LogP contribution in [0.2, 0.25) is 0 Å². The van der Waals surface area contributed by atoms with Crippen molar-refractivity contribution < 1.29 is 13.6 Å². The summed E-state index contributed by atoms with van der Waals surface area (Å²) in [7, 11) is 4.14. The number of unbranched alkanes of at least 4 members (excludes halogenated alkanes) is 3. The van der Waals surface area contributed by atoms with Gasteiger partial charge in [-0.3, -0.25) is 4.79 Å². The highest BCUT2D eigenvalue weighted by molar-refractivity contribution is 7.99. The zero-order chi connectivity index (χ0) is 24.1. The summed E-state index contributed by atoms with van der Waals surface area (Å²) in [6.07, 6.45) is 4.35. The highest BCUT2D eigenvalue weighted by Gasteiger charge is 2.27. The number of hydrogen-bond donors (Lipinski definition) is 0. The third-order valence-electron chi connectivity index (χ3n) is 5.13. The number of thioether (sulfide) groups is 1. The Morgan fingerprint density at radius 2 is 1.73 bits per heavy atom. The summed E-state index contributed by atoms with van der Waals surface area (Å²) in [5.74, 6) is 0.399. The van der Waals surface area contributed by atoms with Crippen LogP contribution in [0.1, 0.15) is 71.3 Å². The fourth-order valence-corrected chi connectivity index (χ4v) is 5.28. The van der Waals surface area contributed by atoms with Gasteiger partial charge in [-0.15, -0.1) is 23.1 Å². The second-order valence-corrected chi connectivity index (χ2v) is 10.9. The minimum absolute atomic E-state index is 0.00263. The van der Waals surface area contributed by atoms with Gasteiger partial charge in [0.1, 0.15) is 10.6 Å². The standard InChI is InChI=1S/C24H30N2O5S2/c1-14(2)18-21-20(30-23(28)24(29)31-21)17(19(27)16-11-10-15(3)33-16)22(25-18)32-13-9-7-6-8-12-26(4)5/h10-11,14H,6-9,12-13H2,1-5H3. The SMILES string of the molecule is Cc1ccc(C(=O)c2c(SCCCCCCN(C)C)nc(C(C)C)c3oc(=O)c(=O)oc23)s1. The maximum Gasteiger partial charge on any atom is 0.423 e. The Morgan fingerprint density at radius 3 is 2.33 bits per heavy atom. The van der Waals surface area contributed by atoms with E-state index in [0.29, 0.717) is 15.6 Å². The van der Waals surface area contributed by atoms with Crippen LogP contribution >= 0.6 is 23.1 Å². The van der Waals surface area contributed by atoms with Crippen molar-refractivity contribution in [1.29, 1.82) is 0 Å². The van der Waals surface area contributed by atoms with Gasteiger partial charge in [-0.1, -0.05) is 26.7 Å². The number of fused-ring (bicyclic) bond motifs is 1. The number of pyridine rings is 1. The first-order valence-corrected chi connectivity index (χ1v) is 12.9. The molecule has 33 heavy (non-hydrogen) atoms. The van der Waals surface area contributed by atoms with Crippen LogP contribution in [0.25, 0.3) is 11.2 Å². The largest absolute Gasteiger partial charge is 0.423 e. The van der Waals surface area contributed by atoms with Gasteiger partial charge in [-0.05, 0) is 64.2 Å². The average molecular weight is 491 g/mol.